The van der Waals surface area contributed by atoms with E-state index in [1.165, 1.54) is 6.07 Å². The van der Waals surface area contributed by atoms with Crippen LogP contribution in [0.2, 0.25) is 0 Å². The minimum absolute atomic E-state index is 0.0372. The highest BCUT2D eigenvalue weighted by molar-refractivity contribution is 9.10. The monoisotopic (exact) mass is 360 g/mol. The Labute approximate surface area is 125 Å². The predicted molar refractivity (Wildman–Crippen MR) is 75.3 cm³/mol. The third kappa shape index (κ3) is 3.45. The second kappa shape index (κ2) is 6.04. The number of aliphatic hydroxyl groups excluding tert-OH is 1. The van der Waals surface area contributed by atoms with Gasteiger partial charge in [-0.05, 0) is 40.5 Å². The Morgan fingerprint density at radius 2 is 2.15 bits per heavy atom. The van der Waals surface area contributed by atoms with E-state index in [0.717, 1.165) is 0 Å². The van der Waals surface area contributed by atoms with Crippen molar-refractivity contribution in [3.8, 4) is 0 Å². The van der Waals surface area contributed by atoms with E-state index in [2.05, 4.69) is 25.8 Å². The average Bonchev–Trinajstić information content (AvgIpc) is 2.83. The number of aliphatic hydroxyl groups is 1. The van der Waals surface area contributed by atoms with Gasteiger partial charge < -0.3 is 9.63 Å². The maximum absolute atomic E-state index is 12.2. The second-order valence-electron chi connectivity index (χ2n) is 4.18. The van der Waals surface area contributed by atoms with Gasteiger partial charge in [-0.25, -0.2) is 13.1 Å². The van der Waals surface area contributed by atoms with Crippen LogP contribution in [0.5, 0.6) is 0 Å². The van der Waals surface area contributed by atoms with Crippen LogP contribution in [0.3, 0.4) is 0 Å². The predicted octanol–water partition coefficient (Wildman–Crippen LogP) is 1.72. The number of hydrogen-bond acceptors (Lipinski definition) is 5. The largest absolute Gasteiger partial charge is 0.392 e. The summed E-state index contributed by atoms with van der Waals surface area (Å²) in [7, 11) is -3.70. The molecule has 0 fully saturated rings. The first kappa shape index (κ1) is 15.2. The van der Waals surface area contributed by atoms with E-state index in [4.69, 9.17) is 9.63 Å². The zero-order chi connectivity index (χ0) is 14.8. The smallest absolute Gasteiger partial charge is 0.242 e. The summed E-state index contributed by atoms with van der Waals surface area (Å²) in [6.45, 7) is 1.54. The Bertz CT molecular complexity index is 712. The normalized spacial score (nSPS) is 11.8. The molecule has 0 unspecified atom stereocenters. The summed E-state index contributed by atoms with van der Waals surface area (Å²) in [6, 6.07) is 6.30. The van der Waals surface area contributed by atoms with E-state index in [0.29, 0.717) is 21.5 Å². The summed E-state index contributed by atoms with van der Waals surface area (Å²) in [5, 5.41) is 12.8. The molecule has 2 rings (SSSR count). The van der Waals surface area contributed by atoms with Crippen molar-refractivity contribution in [3.63, 3.8) is 0 Å². The fourth-order valence-corrected chi connectivity index (χ4v) is 3.61. The van der Waals surface area contributed by atoms with Crippen molar-refractivity contribution in [3.05, 3.63) is 45.8 Å². The van der Waals surface area contributed by atoms with E-state index >= 15 is 0 Å². The zero-order valence-corrected chi connectivity index (χ0v) is 13.0. The van der Waals surface area contributed by atoms with Crippen LogP contribution in [0.15, 0.2) is 38.2 Å². The first-order chi connectivity index (χ1) is 9.42. The van der Waals surface area contributed by atoms with Crippen LogP contribution < -0.4 is 4.72 Å². The topological polar surface area (TPSA) is 92.4 Å². The van der Waals surface area contributed by atoms with Crippen LogP contribution in [0, 0.1) is 6.92 Å². The molecule has 1 heterocycles. The number of nitrogens with one attached hydrogen (secondary N) is 1. The average molecular weight is 361 g/mol. The molecule has 2 aromatic rings. The van der Waals surface area contributed by atoms with Gasteiger partial charge in [-0.1, -0.05) is 11.2 Å². The van der Waals surface area contributed by atoms with Crippen molar-refractivity contribution >= 4 is 26.0 Å². The quantitative estimate of drug-likeness (QED) is 0.846. The van der Waals surface area contributed by atoms with Gasteiger partial charge >= 0.3 is 0 Å². The first-order valence-electron chi connectivity index (χ1n) is 5.73. The number of nitrogens with zero attached hydrogens (tertiary/aromatic N) is 1. The second-order valence-corrected chi connectivity index (χ2v) is 6.77. The summed E-state index contributed by atoms with van der Waals surface area (Å²) in [5.41, 5.74) is 1.02. The zero-order valence-electron chi connectivity index (χ0n) is 10.6. The summed E-state index contributed by atoms with van der Waals surface area (Å²) in [6.07, 6.45) is 0. The van der Waals surface area contributed by atoms with E-state index in [1.807, 2.05) is 0 Å². The minimum Gasteiger partial charge on any atom is -0.392 e. The molecule has 0 atom stereocenters. The molecule has 0 saturated heterocycles. The number of hydrogen-bond donors (Lipinski definition) is 2. The van der Waals surface area contributed by atoms with Crippen molar-refractivity contribution in [2.75, 3.05) is 0 Å². The molecule has 20 heavy (non-hydrogen) atoms. The first-order valence-corrected chi connectivity index (χ1v) is 8.01. The van der Waals surface area contributed by atoms with E-state index in [1.54, 1.807) is 25.1 Å². The van der Waals surface area contributed by atoms with Crippen LogP contribution in [0.4, 0.5) is 0 Å². The lowest BCUT2D eigenvalue weighted by Crippen LogP contribution is -2.24. The van der Waals surface area contributed by atoms with Gasteiger partial charge in [-0.15, -0.1) is 0 Å². The fraction of sp³-hybridized carbons (Fsp3) is 0.250. The molecular formula is C12H13BrN2O4S. The lowest BCUT2D eigenvalue weighted by Gasteiger charge is -2.08. The highest BCUT2D eigenvalue weighted by Crippen LogP contribution is 2.23. The highest BCUT2D eigenvalue weighted by Gasteiger charge is 2.18. The molecule has 0 amide bonds. The van der Waals surface area contributed by atoms with Gasteiger partial charge in [0.15, 0.2) is 0 Å². The number of halogens is 1. The minimum atomic E-state index is -3.70. The Hall–Kier alpha value is -1.22. The molecule has 0 radical (unpaired) electrons. The fourth-order valence-electron chi connectivity index (χ4n) is 1.60. The van der Waals surface area contributed by atoms with Crippen LogP contribution in [0.25, 0.3) is 0 Å². The number of aryl methyl sites for hydroxylation is 1. The van der Waals surface area contributed by atoms with Gasteiger partial charge in [0, 0.05) is 10.5 Å². The Balaban J connectivity index is 2.21. The van der Waals surface area contributed by atoms with Gasteiger partial charge in [0.25, 0.3) is 0 Å². The molecule has 6 nitrogen and oxygen atoms in total. The molecule has 0 spiro atoms. The van der Waals surface area contributed by atoms with Crippen LogP contribution >= 0.6 is 15.9 Å². The molecule has 0 aliphatic rings. The summed E-state index contributed by atoms with van der Waals surface area (Å²) >= 11 is 3.19. The SMILES string of the molecule is Cc1cc(CNS(=O)(=O)c2cc(CO)ccc2Br)no1. The maximum atomic E-state index is 12.2. The maximum Gasteiger partial charge on any atom is 0.242 e. The lowest BCUT2D eigenvalue weighted by atomic mass is 10.2. The van der Waals surface area contributed by atoms with Gasteiger partial charge in [-0.2, -0.15) is 0 Å². The molecule has 0 saturated carbocycles. The molecule has 108 valence electrons. The Morgan fingerprint density at radius 1 is 1.40 bits per heavy atom. The van der Waals surface area contributed by atoms with Crippen molar-refractivity contribution < 1.29 is 18.0 Å². The number of rotatable bonds is 5. The van der Waals surface area contributed by atoms with Crippen LogP contribution in [0.1, 0.15) is 17.0 Å². The summed E-state index contributed by atoms with van der Waals surface area (Å²) < 4.78 is 32.2. The van der Waals surface area contributed by atoms with Gasteiger partial charge in [0.05, 0.1) is 23.7 Å². The summed E-state index contributed by atoms with van der Waals surface area (Å²) in [4.78, 5) is 0.0734. The molecule has 8 heteroatoms. The van der Waals surface area contributed by atoms with E-state index < -0.39 is 10.0 Å². The van der Waals surface area contributed by atoms with E-state index in [-0.39, 0.29) is 18.0 Å². The molecule has 0 bridgehead atoms. The molecule has 1 aromatic heterocycles. The van der Waals surface area contributed by atoms with Crippen molar-refractivity contribution in [2.24, 2.45) is 0 Å². The Kier molecular flexibility index (Phi) is 4.59. The molecule has 0 aliphatic heterocycles. The van der Waals surface area contributed by atoms with Crippen molar-refractivity contribution in [1.82, 2.24) is 9.88 Å². The van der Waals surface area contributed by atoms with Gasteiger partial charge in [-0.3, -0.25) is 0 Å². The van der Waals surface area contributed by atoms with E-state index in [9.17, 15) is 8.42 Å². The molecule has 2 N–H and O–H groups in total. The number of sulfonamides is 1. The van der Waals surface area contributed by atoms with Gasteiger partial charge in [0.1, 0.15) is 5.76 Å². The van der Waals surface area contributed by atoms with Crippen LogP contribution in [-0.2, 0) is 23.2 Å². The van der Waals surface area contributed by atoms with Crippen molar-refractivity contribution in [2.45, 2.75) is 25.0 Å². The van der Waals surface area contributed by atoms with Crippen LogP contribution in [-0.4, -0.2) is 18.7 Å². The summed E-state index contributed by atoms with van der Waals surface area (Å²) in [5.74, 6) is 0.614. The van der Waals surface area contributed by atoms with Gasteiger partial charge in [0.2, 0.25) is 10.0 Å². The highest BCUT2D eigenvalue weighted by atomic mass is 79.9. The molecule has 0 aliphatic carbocycles. The number of benzene rings is 1. The van der Waals surface area contributed by atoms with Crippen molar-refractivity contribution in [1.29, 1.82) is 0 Å². The Morgan fingerprint density at radius 3 is 2.75 bits per heavy atom. The third-order valence-corrected chi connectivity index (χ3v) is 4.98. The lowest BCUT2D eigenvalue weighted by molar-refractivity contribution is 0.281. The molecular weight excluding hydrogens is 348 g/mol. The standard InChI is InChI=1S/C12H13BrN2O4S/c1-8-4-10(15-19-8)6-14-20(17,18)12-5-9(7-16)2-3-11(12)13/h2-5,14,16H,6-7H2,1H3. The molecule has 1 aromatic carbocycles. The number of aromatic nitrogens is 1. The third-order valence-electron chi connectivity index (χ3n) is 2.59.